The van der Waals surface area contributed by atoms with Crippen molar-refractivity contribution in [2.45, 2.75) is 6.92 Å². The fourth-order valence-corrected chi connectivity index (χ4v) is 1.91. The van der Waals surface area contributed by atoms with Gasteiger partial charge in [0.15, 0.2) is 0 Å². The van der Waals surface area contributed by atoms with Crippen LogP contribution < -0.4 is 5.73 Å². The molecule has 80 valence electrons. The summed E-state index contributed by atoms with van der Waals surface area (Å²) in [5.41, 5.74) is 8.51. The number of nitrogens with one attached hydrogen (secondary N) is 1. The topological polar surface area (TPSA) is 67.8 Å². The van der Waals surface area contributed by atoms with E-state index in [-0.39, 0.29) is 0 Å². The number of aromatic amines is 1. The number of aromatic nitrogens is 2. The lowest BCUT2D eigenvalue weighted by molar-refractivity contribution is 0.579. The maximum Gasteiger partial charge on any atom is 0.142 e. The van der Waals surface area contributed by atoms with E-state index in [1.54, 1.807) is 6.20 Å². The molecule has 0 aliphatic carbocycles. The van der Waals surface area contributed by atoms with Crippen molar-refractivity contribution >= 4 is 16.8 Å². The Morgan fingerprint density at radius 3 is 2.94 bits per heavy atom. The van der Waals surface area contributed by atoms with Gasteiger partial charge in [0.2, 0.25) is 0 Å². The fourth-order valence-electron chi connectivity index (χ4n) is 1.91. The minimum Gasteiger partial charge on any atom is -0.461 e. The molecule has 0 saturated heterocycles. The zero-order valence-corrected chi connectivity index (χ0v) is 8.82. The summed E-state index contributed by atoms with van der Waals surface area (Å²) in [7, 11) is 0. The molecule has 0 radical (unpaired) electrons. The van der Waals surface area contributed by atoms with E-state index in [4.69, 9.17) is 10.2 Å². The van der Waals surface area contributed by atoms with Crippen LogP contribution in [0, 0.1) is 6.92 Å². The van der Waals surface area contributed by atoms with Crippen LogP contribution in [0.3, 0.4) is 0 Å². The van der Waals surface area contributed by atoms with Crippen LogP contribution in [-0.2, 0) is 0 Å². The molecule has 0 atom stereocenters. The van der Waals surface area contributed by atoms with Gasteiger partial charge in [0, 0.05) is 16.5 Å². The second-order valence-corrected chi connectivity index (χ2v) is 3.78. The van der Waals surface area contributed by atoms with E-state index in [2.05, 4.69) is 10.2 Å². The molecule has 16 heavy (non-hydrogen) atoms. The molecule has 4 heteroatoms. The number of para-hydroxylation sites is 1. The molecular formula is C12H11N3O. The van der Waals surface area contributed by atoms with Gasteiger partial charge in [-0.3, -0.25) is 5.10 Å². The average Bonchev–Trinajstić information content (AvgIpc) is 2.82. The largest absolute Gasteiger partial charge is 0.461 e. The molecular weight excluding hydrogens is 202 g/mol. The van der Waals surface area contributed by atoms with Gasteiger partial charge in [0.05, 0.1) is 6.20 Å². The smallest absolute Gasteiger partial charge is 0.142 e. The number of benzene rings is 1. The monoisotopic (exact) mass is 213 g/mol. The van der Waals surface area contributed by atoms with Crippen LogP contribution in [0.25, 0.3) is 22.1 Å². The Labute approximate surface area is 92.1 Å². The molecule has 3 rings (SSSR count). The standard InChI is InChI=1S/C12H11N3O/c1-7-5-8-3-2-4-9(11(8)16-7)10-6-14-15-12(10)13/h2-6H,1H3,(H3,13,14,15). The molecule has 0 spiro atoms. The van der Waals surface area contributed by atoms with Gasteiger partial charge in [0.1, 0.15) is 17.2 Å². The lowest BCUT2D eigenvalue weighted by Crippen LogP contribution is -1.87. The first-order valence-corrected chi connectivity index (χ1v) is 5.04. The number of hydrogen-bond donors (Lipinski definition) is 2. The zero-order valence-electron chi connectivity index (χ0n) is 8.82. The fraction of sp³-hybridized carbons (Fsp3) is 0.0833. The van der Waals surface area contributed by atoms with Gasteiger partial charge < -0.3 is 10.2 Å². The van der Waals surface area contributed by atoms with Crippen LogP contribution in [0.1, 0.15) is 5.76 Å². The van der Waals surface area contributed by atoms with Gasteiger partial charge in [-0.2, -0.15) is 5.10 Å². The number of fused-ring (bicyclic) bond motifs is 1. The lowest BCUT2D eigenvalue weighted by atomic mass is 10.1. The molecule has 0 amide bonds. The molecule has 2 heterocycles. The van der Waals surface area contributed by atoms with Crippen LogP contribution in [0.5, 0.6) is 0 Å². The molecule has 2 aromatic heterocycles. The minimum absolute atomic E-state index is 0.557. The Hall–Kier alpha value is -2.23. The van der Waals surface area contributed by atoms with Crippen LogP contribution in [0.15, 0.2) is 34.9 Å². The van der Waals surface area contributed by atoms with Crippen molar-refractivity contribution in [1.82, 2.24) is 10.2 Å². The van der Waals surface area contributed by atoms with Crippen molar-refractivity contribution in [1.29, 1.82) is 0 Å². The Morgan fingerprint density at radius 1 is 1.31 bits per heavy atom. The Balaban J connectivity index is 2.35. The average molecular weight is 213 g/mol. The number of aryl methyl sites for hydroxylation is 1. The highest BCUT2D eigenvalue weighted by atomic mass is 16.3. The predicted molar refractivity (Wildman–Crippen MR) is 62.9 cm³/mol. The SMILES string of the molecule is Cc1cc2cccc(-c3cn[nH]c3N)c2o1. The van der Waals surface area contributed by atoms with Crippen molar-refractivity contribution in [3.8, 4) is 11.1 Å². The van der Waals surface area contributed by atoms with Gasteiger partial charge in [-0.05, 0) is 13.0 Å². The third-order valence-corrected chi connectivity index (χ3v) is 2.63. The number of hydrogen-bond acceptors (Lipinski definition) is 3. The molecule has 0 unspecified atom stereocenters. The van der Waals surface area contributed by atoms with Gasteiger partial charge in [0.25, 0.3) is 0 Å². The van der Waals surface area contributed by atoms with E-state index in [1.807, 2.05) is 31.2 Å². The van der Waals surface area contributed by atoms with E-state index < -0.39 is 0 Å². The summed E-state index contributed by atoms with van der Waals surface area (Å²) in [6, 6.07) is 7.99. The molecule has 0 saturated carbocycles. The Kier molecular flexibility index (Phi) is 1.77. The summed E-state index contributed by atoms with van der Waals surface area (Å²) in [5.74, 6) is 1.45. The van der Waals surface area contributed by atoms with Crippen LogP contribution in [0.2, 0.25) is 0 Å². The maximum atomic E-state index is 5.81. The van der Waals surface area contributed by atoms with E-state index in [0.717, 1.165) is 27.9 Å². The molecule has 4 nitrogen and oxygen atoms in total. The first-order valence-electron chi connectivity index (χ1n) is 5.04. The highest BCUT2D eigenvalue weighted by Gasteiger charge is 2.11. The number of furan rings is 1. The van der Waals surface area contributed by atoms with Gasteiger partial charge in [-0.15, -0.1) is 0 Å². The summed E-state index contributed by atoms with van der Waals surface area (Å²) in [6.07, 6.45) is 1.71. The van der Waals surface area contributed by atoms with E-state index in [1.165, 1.54) is 0 Å². The minimum atomic E-state index is 0.557. The summed E-state index contributed by atoms with van der Waals surface area (Å²) in [6.45, 7) is 1.93. The van der Waals surface area contributed by atoms with Gasteiger partial charge in [-0.25, -0.2) is 0 Å². The number of nitrogen functional groups attached to an aromatic ring is 1. The number of nitrogens with two attached hydrogens (primary N) is 1. The van der Waals surface area contributed by atoms with Crippen molar-refractivity contribution in [2.75, 3.05) is 5.73 Å². The normalized spacial score (nSPS) is 11.1. The first kappa shape index (κ1) is 9.03. The molecule has 3 N–H and O–H groups in total. The Morgan fingerprint density at radius 2 is 2.19 bits per heavy atom. The van der Waals surface area contributed by atoms with E-state index in [0.29, 0.717) is 5.82 Å². The number of rotatable bonds is 1. The third-order valence-electron chi connectivity index (χ3n) is 2.63. The molecule has 3 aromatic rings. The number of anilines is 1. The van der Waals surface area contributed by atoms with E-state index in [9.17, 15) is 0 Å². The van der Waals surface area contributed by atoms with Gasteiger partial charge >= 0.3 is 0 Å². The predicted octanol–water partition coefficient (Wildman–Crippen LogP) is 2.71. The van der Waals surface area contributed by atoms with E-state index >= 15 is 0 Å². The maximum absolute atomic E-state index is 5.81. The van der Waals surface area contributed by atoms with Crippen molar-refractivity contribution in [3.05, 3.63) is 36.2 Å². The second kappa shape index (κ2) is 3.13. The van der Waals surface area contributed by atoms with Crippen molar-refractivity contribution < 1.29 is 4.42 Å². The summed E-state index contributed by atoms with van der Waals surface area (Å²) in [4.78, 5) is 0. The quantitative estimate of drug-likeness (QED) is 0.653. The number of nitrogens with zero attached hydrogens (tertiary/aromatic N) is 1. The Bertz CT molecular complexity index is 651. The molecule has 0 aliphatic heterocycles. The molecule has 0 aliphatic rings. The molecule has 1 aromatic carbocycles. The summed E-state index contributed by atoms with van der Waals surface area (Å²) < 4.78 is 5.68. The zero-order chi connectivity index (χ0) is 11.1. The first-order chi connectivity index (χ1) is 7.75. The van der Waals surface area contributed by atoms with Crippen LogP contribution >= 0.6 is 0 Å². The molecule has 0 fully saturated rings. The highest BCUT2D eigenvalue weighted by Crippen LogP contribution is 2.32. The lowest BCUT2D eigenvalue weighted by Gasteiger charge is -1.99. The summed E-state index contributed by atoms with van der Waals surface area (Å²) >= 11 is 0. The van der Waals surface area contributed by atoms with Crippen molar-refractivity contribution in [2.24, 2.45) is 0 Å². The molecule has 0 bridgehead atoms. The van der Waals surface area contributed by atoms with Crippen LogP contribution in [0.4, 0.5) is 5.82 Å². The highest BCUT2D eigenvalue weighted by molar-refractivity contribution is 5.95. The summed E-state index contributed by atoms with van der Waals surface area (Å²) in [5, 5.41) is 7.72. The van der Waals surface area contributed by atoms with Crippen molar-refractivity contribution in [3.63, 3.8) is 0 Å². The number of H-pyrrole nitrogens is 1. The van der Waals surface area contributed by atoms with Crippen LogP contribution in [-0.4, -0.2) is 10.2 Å². The second-order valence-electron chi connectivity index (χ2n) is 3.78. The third kappa shape index (κ3) is 1.20. The van der Waals surface area contributed by atoms with Gasteiger partial charge in [-0.1, -0.05) is 18.2 Å².